The number of Topliss-reactive ketones (excluding diaryl/α,β-unsaturated/α-hetero) is 1. The van der Waals surface area contributed by atoms with E-state index in [0.717, 1.165) is 18.8 Å². The summed E-state index contributed by atoms with van der Waals surface area (Å²) in [6.45, 7) is 4.43. The van der Waals surface area contributed by atoms with Crippen LogP contribution in [-0.2, 0) is 4.79 Å². The van der Waals surface area contributed by atoms with Crippen molar-refractivity contribution in [3.63, 3.8) is 0 Å². The summed E-state index contributed by atoms with van der Waals surface area (Å²) in [5.41, 5.74) is 0. The van der Waals surface area contributed by atoms with E-state index in [0.29, 0.717) is 11.7 Å². The molecule has 12 heavy (non-hydrogen) atoms. The third kappa shape index (κ3) is 2.96. The Morgan fingerprint density at radius 1 is 1.42 bits per heavy atom. The van der Waals surface area contributed by atoms with Gasteiger partial charge in [0.25, 0.3) is 0 Å². The molecule has 0 radical (unpaired) electrons. The molecule has 0 saturated heterocycles. The number of carbonyl (C=O) groups is 1. The molecule has 0 atom stereocenters. The molecule has 0 amide bonds. The summed E-state index contributed by atoms with van der Waals surface area (Å²) in [5, 5.41) is 0. The van der Waals surface area contributed by atoms with Crippen LogP contribution in [0.4, 0.5) is 0 Å². The molecule has 0 aromatic rings. The van der Waals surface area contributed by atoms with Crippen molar-refractivity contribution in [2.24, 2.45) is 11.8 Å². The number of hydrogen-bond acceptors (Lipinski definition) is 1. The number of hydrogen-bond donors (Lipinski definition) is 0. The maximum atomic E-state index is 11.4. The fourth-order valence-corrected chi connectivity index (χ4v) is 1.62. The molecule has 1 rings (SSSR count). The van der Waals surface area contributed by atoms with E-state index >= 15 is 0 Å². The van der Waals surface area contributed by atoms with Gasteiger partial charge in [0, 0.05) is 12.3 Å². The minimum absolute atomic E-state index is 0.456. The molecule has 1 heteroatoms. The van der Waals surface area contributed by atoms with E-state index in [-0.39, 0.29) is 0 Å². The SMILES string of the molecule is CC(C)CCCC(=O)C1CCC1. The van der Waals surface area contributed by atoms with Crippen LogP contribution in [0.2, 0.25) is 0 Å². The molecule has 0 aromatic heterocycles. The molecule has 1 aliphatic rings. The van der Waals surface area contributed by atoms with Gasteiger partial charge in [0.2, 0.25) is 0 Å². The average Bonchev–Trinajstić information content (AvgIpc) is 1.81. The van der Waals surface area contributed by atoms with Crippen molar-refractivity contribution < 1.29 is 4.79 Å². The third-order valence-corrected chi connectivity index (χ3v) is 2.77. The monoisotopic (exact) mass is 168 g/mol. The minimum Gasteiger partial charge on any atom is -0.299 e. The van der Waals surface area contributed by atoms with E-state index in [2.05, 4.69) is 13.8 Å². The van der Waals surface area contributed by atoms with Gasteiger partial charge >= 0.3 is 0 Å². The first kappa shape index (κ1) is 9.76. The first-order chi connectivity index (χ1) is 5.70. The molecule has 1 saturated carbocycles. The second-order valence-electron chi connectivity index (χ2n) is 4.38. The summed E-state index contributed by atoms with van der Waals surface area (Å²) in [7, 11) is 0. The first-order valence-electron chi connectivity index (χ1n) is 5.23. The second kappa shape index (κ2) is 4.64. The van der Waals surface area contributed by atoms with Crippen LogP contribution < -0.4 is 0 Å². The Bertz CT molecular complexity index is 145. The lowest BCUT2D eigenvalue weighted by Crippen LogP contribution is -2.21. The Hall–Kier alpha value is -0.330. The molecule has 0 unspecified atom stereocenters. The van der Waals surface area contributed by atoms with Crippen LogP contribution in [0.1, 0.15) is 52.4 Å². The maximum Gasteiger partial charge on any atom is 0.135 e. The normalized spacial score (nSPS) is 17.9. The molecular weight excluding hydrogens is 148 g/mol. The van der Waals surface area contributed by atoms with Crippen LogP contribution in [-0.4, -0.2) is 5.78 Å². The zero-order valence-electron chi connectivity index (χ0n) is 8.31. The van der Waals surface area contributed by atoms with E-state index in [1.165, 1.54) is 25.7 Å². The van der Waals surface area contributed by atoms with Gasteiger partial charge in [-0.15, -0.1) is 0 Å². The van der Waals surface area contributed by atoms with Crippen molar-refractivity contribution >= 4 is 5.78 Å². The van der Waals surface area contributed by atoms with E-state index in [1.807, 2.05) is 0 Å². The molecule has 1 fully saturated rings. The van der Waals surface area contributed by atoms with E-state index < -0.39 is 0 Å². The van der Waals surface area contributed by atoms with Gasteiger partial charge in [-0.3, -0.25) is 4.79 Å². The standard InChI is InChI=1S/C11H20O/c1-9(2)5-3-8-11(12)10-6-4-7-10/h9-10H,3-8H2,1-2H3. The summed E-state index contributed by atoms with van der Waals surface area (Å²) in [6, 6.07) is 0. The Kier molecular flexibility index (Phi) is 3.77. The molecule has 0 heterocycles. The number of ketones is 1. The smallest absolute Gasteiger partial charge is 0.135 e. The van der Waals surface area contributed by atoms with Crippen molar-refractivity contribution in [2.45, 2.75) is 52.4 Å². The largest absolute Gasteiger partial charge is 0.299 e. The lowest BCUT2D eigenvalue weighted by molar-refractivity contribution is -0.125. The Labute approximate surface area is 75.5 Å². The predicted octanol–water partition coefficient (Wildman–Crippen LogP) is 3.18. The van der Waals surface area contributed by atoms with Crippen LogP contribution in [0, 0.1) is 11.8 Å². The van der Waals surface area contributed by atoms with Gasteiger partial charge in [-0.25, -0.2) is 0 Å². The van der Waals surface area contributed by atoms with Crippen LogP contribution >= 0.6 is 0 Å². The van der Waals surface area contributed by atoms with Gasteiger partial charge in [0.1, 0.15) is 5.78 Å². The van der Waals surface area contributed by atoms with E-state index in [1.54, 1.807) is 0 Å². The van der Waals surface area contributed by atoms with Crippen LogP contribution in [0.15, 0.2) is 0 Å². The molecule has 70 valence electrons. The Balaban J connectivity index is 2.02. The molecule has 1 nitrogen and oxygen atoms in total. The van der Waals surface area contributed by atoms with Gasteiger partial charge in [0.05, 0.1) is 0 Å². The highest BCUT2D eigenvalue weighted by Crippen LogP contribution is 2.28. The zero-order valence-corrected chi connectivity index (χ0v) is 8.31. The molecule has 0 aromatic carbocycles. The quantitative estimate of drug-likeness (QED) is 0.616. The van der Waals surface area contributed by atoms with Crippen LogP contribution in [0.3, 0.4) is 0 Å². The highest BCUT2D eigenvalue weighted by molar-refractivity contribution is 5.81. The minimum atomic E-state index is 0.456. The van der Waals surface area contributed by atoms with Crippen molar-refractivity contribution in [2.75, 3.05) is 0 Å². The second-order valence-corrected chi connectivity index (χ2v) is 4.38. The summed E-state index contributed by atoms with van der Waals surface area (Å²) < 4.78 is 0. The lowest BCUT2D eigenvalue weighted by Gasteiger charge is -2.23. The molecule has 0 bridgehead atoms. The highest BCUT2D eigenvalue weighted by Gasteiger charge is 2.24. The van der Waals surface area contributed by atoms with Crippen molar-refractivity contribution in [1.29, 1.82) is 0 Å². The van der Waals surface area contributed by atoms with Crippen LogP contribution in [0.25, 0.3) is 0 Å². The molecule has 1 aliphatic carbocycles. The number of rotatable bonds is 5. The predicted molar refractivity (Wildman–Crippen MR) is 51.0 cm³/mol. The Morgan fingerprint density at radius 2 is 2.08 bits per heavy atom. The topological polar surface area (TPSA) is 17.1 Å². The fraction of sp³-hybridized carbons (Fsp3) is 0.909. The third-order valence-electron chi connectivity index (χ3n) is 2.77. The molecule has 0 aliphatic heterocycles. The maximum absolute atomic E-state index is 11.4. The lowest BCUT2D eigenvalue weighted by atomic mass is 9.80. The summed E-state index contributed by atoms with van der Waals surface area (Å²) in [4.78, 5) is 11.4. The van der Waals surface area contributed by atoms with Gasteiger partial charge in [0.15, 0.2) is 0 Å². The summed E-state index contributed by atoms with van der Waals surface area (Å²) >= 11 is 0. The van der Waals surface area contributed by atoms with Crippen molar-refractivity contribution in [3.05, 3.63) is 0 Å². The van der Waals surface area contributed by atoms with Crippen molar-refractivity contribution in [1.82, 2.24) is 0 Å². The molecule has 0 N–H and O–H groups in total. The fourth-order valence-electron chi connectivity index (χ4n) is 1.62. The Morgan fingerprint density at radius 3 is 2.50 bits per heavy atom. The first-order valence-corrected chi connectivity index (χ1v) is 5.23. The van der Waals surface area contributed by atoms with Crippen molar-refractivity contribution in [3.8, 4) is 0 Å². The summed E-state index contributed by atoms with van der Waals surface area (Å²) in [6.07, 6.45) is 6.76. The van der Waals surface area contributed by atoms with E-state index in [4.69, 9.17) is 0 Å². The van der Waals surface area contributed by atoms with Gasteiger partial charge in [-0.2, -0.15) is 0 Å². The van der Waals surface area contributed by atoms with Gasteiger partial charge < -0.3 is 0 Å². The van der Waals surface area contributed by atoms with E-state index in [9.17, 15) is 4.79 Å². The average molecular weight is 168 g/mol. The zero-order chi connectivity index (χ0) is 8.97. The van der Waals surface area contributed by atoms with Crippen LogP contribution in [0.5, 0.6) is 0 Å². The van der Waals surface area contributed by atoms with Gasteiger partial charge in [-0.05, 0) is 25.2 Å². The molecule has 0 spiro atoms. The number of carbonyl (C=O) groups excluding carboxylic acids is 1. The highest BCUT2D eigenvalue weighted by atomic mass is 16.1. The van der Waals surface area contributed by atoms with Gasteiger partial charge in [-0.1, -0.05) is 26.7 Å². The summed E-state index contributed by atoms with van der Waals surface area (Å²) in [5.74, 6) is 1.73. The molecular formula is C11H20O.